The Bertz CT molecular complexity index is 407. The first-order chi connectivity index (χ1) is 7.31. The number of hydrogen-bond acceptors (Lipinski definition) is 2. The van der Waals surface area contributed by atoms with E-state index in [4.69, 9.17) is 0 Å². The SMILES string of the molecule is O=C(CBr)N1C=Cc2ccccc2C=N1. The molecule has 1 heterocycles. The second-order valence-electron chi connectivity index (χ2n) is 3.06. The number of hydrogen-bond donors (Lipinski definition) is 0. The Morgan fingerprint density at radius 1 is 1.33 bits per heavy atom. The van der Waals surface area contributed by atoms with Gasteiger partial charge in [0.2, 0.25) is 0 Å². The van der Waals surface area contributed by atoms with E-state index in [1.165, 1.54) is 5.01 Å². The third-order valence-corrected chi connectivity index (χ3v) is 2.56. The summed E-state index contributed by atoms with van der Waals surface area (Å²) in [6, 6.07) is 7.85. The Morgan fingerprint density at radius 2 is 2.07 bits per heavy atom. The Kier molecular flexibility index (Phi) is 2.97. The maximum atomic E-state index is 11.4. The largest absolute Gasteiger partial charge is 0.272 e. The molecule has 1 aliphatic heterocycles. The fourth-order valence-corrected chi connectivity index (χ4v) is 1.56. The molecule has 0 N–H and O–H groups in total. The molecular weight excluding hydrogens is 256 g/mol. The Labute approximate surface area is 96.2 Å². The average Bonchev–Trinajstić information content (AvgIpc) is 2.50. The van der Waals surface area contributed by atoms with Crippen LogP contribution in [0.25, 0.3) is 6.08 Å². The summed E-state index contributed by atoms with van der Waals surface area (Å²) in [6.45, 7) is 0. The number of carbonyl (C=O) groups is 1. The van der Waals surface area contributed by atoms with Gasteiger partial charge in [-0.25, -0.2) is 5.01 Å². The molecule has 1 aliphatic rings. The van der Waals surface area contributed by atoms with Gasteiger partial charge in [-0.05, 0) is 11.6 Å². The Morgan fingerprint density at radius 3 is 2.80 bits per heavy atom. The number of hydrazone groups is 1. The predicted octanol–water partition coefficient (Wildman–Crippen LogP) is 2.23. The number of alkyl halides is 1. The molecule has 0 unspecified atom stereocenters. The summed E-state index contributed by atoms with van der Waals surface area (Å²) in [5.74, 6) is -0.0877. The number of rotatable bonds is 1. The van der Waals surface area contributed by atoms with Crippen molar-refractivity contribution in [1.29, 1.82) is 0 Å². The van der Waals surface area contributed by atoms with Crippen molar-refractivity contribution in [2.45, 2.75) is 0 Å². The van der Waals surface area contributed by atoms with E-state index < -0.39 is 0 Å². The Hall–Kier alpha value is -1.42. The van der Waals surface area contributed by atoms with E-state index in [1.54, 1.807) is 12.4 Å². The molecule has 3 nitrogen and oxygen atoms in total. The van der Waals surface area contributed by atoms with E-state index >= 15 is 0 Å². The van der Waals surface area contributed by atoms with Crippen molar-refractivity contribution < 1.29 is 4.79 Å². The number of nitrogens with zero attached hydrogens (tertiary/aromatic N) is 2. The second-order valence-corrected chi connectivity index (χ2v) is 3.62. The monoisotopic (exact) mass is 264 g/mol. The first-order valence-corrected chi connectivity index (χ1v) is 5.62. The highest BCUT2D eigenvalue weighted by molar-refractivity contribution is 9.09. The summed E-state index contributed by atoms with van der Waals surface area (Å²) in [4.78, 5) is 11.4. The molecule has 0 saturated carbocycles. The summed E-state index contributed by atoms with van der Waals surface area (Å²) in [5.41, 5.74) is 2.07. The lowest BCUT2D eigenvalue weighted by molar-refractivity contribution is -0.125. The zero-order valence-electron chi connectivity index (χ0n) is 7.93. The average molecular weight is 265 g/mol. The molecule has 0 radical (unpaired) electrons. The normalized spacial score (nSPS) is 13.5. The third kappa shape index (κ3) is 2.15. The summed E-state index contributed by atoms with van der Waals surface area (Å²) in [7, 11) is 0. The van der Waals surface area contributed by atoms with E-state index in [1.807, 2.05) is 30.3 Å². The first-order valence-electron chi connectivity index (χ1n) is 4.50. The molecule has 0 aromatic heterocycles. The Balaban J connectivity index is 2.34. The van der Waals surface area contributed by atoms with Crippen molar-refractivity contribution in [3.63, 3.8) is 0 Å². The fraction of sp³-hybridized carbons (Fsp3) is 0.0909. The molecule has 0 spiro atoms. The topological polar surface area (TPSA) is 32.7 Å². The van der Waals surface area contributed by atoms with Crippen molar-refractivity contribution in [3.05, 3.63) is 41.6 Å². The van der Waals surface area contributed by atoms with Gasteiger partial charge < -0.3 is 0 Å². The molecule has 0 saturated heterocycles. The summed E-state index contributed by atoms with van der Waals surface area (Å²) in [5, 5.41) is 5.67. The molecule has 1 amide bonds. The van der Waals surface area contributed by atoms with Gasteiger partial charge in [0.25, 0.3) is 5.91 Å². The predicted molar refractivity (Wildman–Crippen MR) is 63.7 cm³/mol. The summed E-state index contributed by atoms with van der Waals surface area (Å²) in [6.07, 6.45) is 5.24. The van der Waals surface area contributed by atoms with Crippen LogP contribution < -0.4 is 0 Å². The van der Waals surface area contributed by atoms with Gasteiger partial charge in [0.05, 0.1) is 11.5 Å². The van der Waals surface area contributed by atoms with Crippen LogP contribution in [0.2, 0.25) is 0 Å². The van der Waals surface area contributed by atoms with E-state index in [-0.39, 0.29) is 11.2 Å². The van der Waals surface area contributed by atoms with Gasteiger partial charge in [0, 0.05) is 11.8 Å². The molecule has 76 valence electrons. The third-order valence-electron chi connectivity index (χ3n) is 2.08. The first kappa shape index (κ1) is 10.1. The fourth-order valence-electron chi connectivity index (χ4n) is 1.30. The maximum Gasteiger partial charge on any atom is 0.257 e. The standard InChI is InChI=1S/C11H9BrN2O/c12-7-11(15)14-6-5-9-3-1-2-4-10(9)8-13-14/h1-6,8H,7H2. The van der Waals surface area contributed by atoms with E-state index in [0.29, 0.717) is 0 Å². The summed E-state index contributed by atoms with van der Waals surface area (Å²) >= 11 is 3.11. The van der Waals surface area contributed by atoms with Crippen LogP contribution in [0.1, 0.15) is 11.1 Å². The molecule has 1 aromatic carbocycles. The number of benzene rings is 1. The molecule has 15 heavy (non-hydrogen) atoms. The molecule has 0 bridgehead atoms. The highest BCUT2D eigenvalue weighted by atomic mass is 79.9. The van der Waals surface area contributed by atoms with Crippen LogP contribution in [0.15, 0.2) is 35.6 Å². The molecule has 0 atom stereocenters. The van der Waals surface area contributed by atoms with Gasteiger partial charge in [0.15, 0.2) is 0 Å². The van der Waals surface area contributed by atoms with Gasteiger partial charge in [-0.2, -0.15) is 5.10 Å². The molecule has 0 aliphatic carbocycles. The lowest BCUT2D eigenvalue weighted by atomic mass is 10.1. The van der Waals surface area contributed by atoms with Gasteiger partial charge in [0.1, 0.15) is 0 Å². The molecule has 0 fully saturated rings. The lowest BCUT2D eigenvalue weighted by Crippen LogP contribution is -2.20. The number of fused-ring (bicyclic) bond motifs is 1. The van der Waals surface area contributed by atoms with Gasteiger partial charge >= 0.3 is 0 Å². The van der Waals surface area contributed by atoms with Crippen LogP contribution in [-0.2, 0) is 4.79 Å². The van der Waals surface area contributed by atoms with Crippen LogP contribution >= 0.6 is 15.9 Å². The smallest absolute Gasteiger partial charge is 0.257 e. The highest BCUT2D eigenvalue weighted by Gasteiger charge is 2.09. The van der Waals surface area contributed by atoms with Crippen LogP contribution in [0.3, 0.4) is 0 Å². The minimum Gasteiger partial charge on any atom is -0.272 e. The minimum absolute atomic E-state index is 0.0877. The zero-order chi connectivity index (χ0) is 10.7. The zero-order valence-corrected chi connectivity index (χ0v) is 9.52. The van der Waals surface area contributed by atoms with Crippen molar-refractivity contribution in [2.24, 2.45) is 5.10 Å². The maximum absolute atomic E-state index is 11.4. The van der Waals surface area contributed by atoms with Gasteiger partial charge in [-0.15, -0.1) is 0 Å². The van der Waals surface area contributed by atoms with Crippen molar-refractivity contribution >= 4 is 34.1 Å². The number of halogens is 1. The highest BCUT2D eigenvalue weighted by Crippen LogP contribution is 2.13. The van der Waals surface area contributed by atoms with Crippen LogP contribution in [0.4, 0.5) is 0 Å². The number of carbonyl (C=O) groups excluding carboxylic acids is 1. The molecular formula is C11H9BrN2O. The second kappa shape index (κ2) is 4.40. The van der Waals surface area contributed by atoms with Crippen molar-refractivity contribution in [1.82, 2.24) is 5.01 Å². The van der Waals surface area contributed by atoms with Crippen LogP contribution in [0, 0.1) is 0 Å². The van der Waals surface area contributed by atoms with Gasteiger partial charge in [-0.1, -0.05) is 40.2 Å². The van der Waals surface area contributed by atoms with Crippen molar-refractivity contribution in [2.75, 3.05) is 5.33 Å². The van der Waals surface area contributed by atoms with Crippen LogP contribution in [0.5, 0.6) is 0 Å². The molecule has 2 rings (SSSR count). The van der Waals surface area contributed by atoms with Gasteiger partial charge in [-0.3, -0.25) is 4.79 Å². The van der Waals surface area contributed by atoms with Crippen molar-refractivity contribution in [3.8, 4) is 0 Å². The quantitative estimate of drug-likeness (QED) is 0.716. The van der Waals surface area contributed by atoms with E-state index in [0.717, 1.165) is 11.1 Å². The lowest BCUT2D eigenvalue weighted by Gasteiger charge is -2.07. The summed E-state index contributed by atoms with van der Waals surface area (Å²) < 4.78 is 0. The van der Waals surface area contributed by atoms with E-state index in [9.17, 15) is 4.79 Å². The van der Waals surface area contributed by atoms with E-state index in [2.05, 4.69) is 21.0 Å². The minimum atomic E-state index is -0.0877. The van der Waals surface area contributed by atoms with Crippen LogP contribution in [-0.4, -0.2) is 22.5 Å². The molecule has 1 aromatic rings. The number of amides is 1. The molecule has 4 heteroatoms.